The highest BCUT2D eigenvalue weighted by molar-refractivity contribution is 6.31. The van der Waals surface area contributed by atoms with Crippen LogP contribution in [0.4, 0.5) is 11.4 Å². The number of anilines is 2. The zero-order valence-corrected chi connectivity index (χ0v) is 21.5. The van der Waals surface area contributed by atoms with Crippen molar-refractivity contribution < 1.29 is 19.1 Å². The summed E-state index contributed by atoms with van der Waals surface area (Å²) in [5.41, 5.74) is 8.06. The van der Waals surface area contributed by atoms with Gasteiger partial charge in [-0.15, -0.1) is 0 Å². The van der Waals surface area contributed by atoms with Crippen LogP contribution in [0.3, 0.4) is 0 Å². The Morgan fingerprint density at radius 3 is 2.61 bits per heavy atom. The van der Waals surface area contributed by atoms with Crippen molar-refractivity contribution >= 4 is 40.6 Å². The van der Waals surface area contributed by atoms with Crippen LogP contribution in [0.15, 0.2) is 65.1 Å². The number of fused-ring (bicyclic) bond motifs is 3. The number of nitrogens with one attached hydrogen (secondary N) is 1. The van der Waals surface area contributed by atoms with E-state index in [1.54, 1.807) is 30.0 Å². The number of hydrogen-bond acceptors (Lipinski definition) is 6. The lowest BCUT2D eigenvalue weighted by atomic mass is 9.60. The molecule has 0 saturated heterocycles. The van der Waals surface area contributed by atoms with E-state index in [-0.39, 0.29) is 41.2 Å². The number of ketones is 1. The molecule has 1 unspecified atom stereocenters. The summed E-state index contributed by atoms with van der Waals surface area (Å²) in [5.74, 6) is -1.42. The summed E-state index contributed by atoms with van der Waals surface area (Å²) in [6.45, 7) is 7.73. The molecule has 36 heavy (non-hydrogen) atoms. The molecule has 2 aromatic carbocycles. The van der Waals surface area contributed by atoms with E-state index in [4.69, 9.17) is 22.1 Å². The molecule has 7 nitrogen and oxygen atoms in total. The average molecular weight is 506 g/mol. The fourth-order valence-corrected chi connectivity index (χ4v) is 5.94. The van der Waals surface area contributed by atoms with Crippen molar-refractivity contribution in [1.82, 2.24) is 0 Å². The molecule has 5 rings (SSSR count). The first kappa shape index (κ1) is 24.1. The lowest BCUT2D eigenvalue weighted by Gasteiger charge is -2.47. The summed E-state index contributed by atoms with van der Waals surface area (Å²) in [4.78, 5) is 43.4. The zero-order valence-electron chi connectivity index (χ0n) is 20.7. The molecule has 2 aromatic rings. The Kier molecular flexibility index (Phi) is 5.52. The first-order chi connectivity index (χ1) is 17.0. The highest BCUT2D eigenvalue weighted by atomic mass is 35.5. The number of rotatable bonds is 3. The van der Waals surface area contributed by atoms with Crippen LogP contribution in [0, 0.1) is 12.3 Å². The number of nitrogens with two attached hydrogens (primary N) is 1. The SMILES string of the molecule is CCOC(=O)C1=C(N)N(c2cccc(C)c2)C2=C(C(=O)CC(C)(C)C2)C12C(=O)Nc1ccc(Cl)cc12. The number of amides is 1. The van der Waals surface area contributed by atoms with E-state index < -0.39 is 17.3 Å². The van der Waals surface area contributed by atoms with E-state index in [2.05, 4.69) is 5.32 Å². The van der Waals surface area contributed by atoms with Gasteiger partial charge in [-0.05, 0) is 61.6 Å². The van der Waals surface area contributed by atoms with Gasteiger partial charge in [-0.25, -0.2) is 4.79 Å². The molecule has 1 aliphatic carbocycles. The molecule has 1 spiro atoms. The standard InChI is InChI=1S/C28H28ClN3O4/c1-5-36-25(34)23-24(30)32(17-8-6-7-15(2)11-17)20-13-27(3,4)14-21(33)22(20)28(23)18-12-16(29)9-10-19(18)31-26(28)35/h6-12H,5,13-14,30H2,1-4H3,(H,31,35). The quantitative estimate of drug-likeness (QED) is 0.584. The largest absolute Gasteiger partial charge is 0.462 e. The van der Waals surface area contributed by atoms with Crippen LogP contribution in [0.25, 0.3) is 0 Å². The van der Waals surface area contributed by atoms with E-state index in [1.165, 1.54) is 0 Å². The van der Waals surface area contributed by atoms with Gasteiger partial charge in [0.25, 0.3) is 0 Å². The molecule has 1 atom stereocenters. The molecular weight excluding hydrogens is 478 g/mol. The number of aryl methyl sites for hydroxylation is 1. The van der Waals surface area contributed by atoms with Crippen molar-refractivity contribution in [3.8, 4) is 0 Å². The molecule has 2 heterocycles. The number of ether oxygens (including phenoxy) is 1. The Morgan fingerprint density at radius 1 is 1.17 bits per heavy atom. The topological polar surface area (TPSA) is 102 Å². The van der Waals surface area contributed by atoms with Crippen LogP contribution in [-0.4, -0.2) is 24.3 Å². The van der Waals surface area contributed by atoms with Gasteiger partial charge < -0.3 is 15.8 Å². The van der Waals surface area contributed by atoms with E-state index >= 15 is 0 Å². The van der Waals surface area contributed by atoms with E-state index in [0.29, 0.717) is 34.1 Å². The number of Topliss-reactive ketones (excluding diaryl/α,β-unsaturated/α-hetero) is 1. The second-order valence-corrected chi connectivity index (χ2v) is 10.7. The number of carbonyl (C=O) groups excluding carboxylic acids is 3. The fraction of sp³-hybridized carbons (Fsp3) is 0.321. The first-order valence-electron chi connectivity index (χ1n) is 11.9. The summed E-state index contributed by atoms with van der Waals surface area (Å²) in [6.07, 6.45) is 0.693. The molecule has 2 aliphatic heterocycles. The van der Waals surface area contributed by atoms with Gasteiger partial charge in [0.1, 0.15) is 16.8 Å². The van der Waals surface area contributed by atoms with Crippen LogP contribution in [0.1, 0.15) is 44.7 Å². The van der Waals surface area contributed by atoms with E-state index in [1.807, 2.05) is 45.0 Å². The molecule has 186 valence electrons. The van der Waals surface area contributed by atoms with Gasteiger partial charge in [-0.1, -0.05) is 37.6 Å². The fourth-order valence-electron chi connectivity index (χ4n) is 5.77. The smallest absolute Gasteiger partial charge is 0.339 e. The Balaban J connectivity index is 1.93. The van der Waals surface area contributed by atoms with Crippen LogP contribution in [0.5, 0.6) is 0 Å². The third-order valence-corrected chi connectivity index (χ3v) is 7.32. The van der Waals surface area contributed by atoms with Crippen molar-refractivity contribution in [2.75, 3.05) is 16.8 Å². The molecular formula is C28H28ClN3O4. The lowest BCUT2D eigenvalue weighted by Crippen LogP contribution is -2.54. The normalized spacial score (nSPS) is 22.5. The maximum absolute atomic E-state index is 14.0. The van der Waals surface area contributed by atoms with Gasteiger partial charge in [-0.3, -0.25) is 14.5 Å². The first-order valence-corrected chi connectivity index (χ1v) is 12.3. The molecule has 3 N–H and O–H groups in total. The third kappa shape index (κ3) is 3.37. The third-order valence-electron chi connectivity index (χ3n) is 7.08. The highest BCUT2D eigenvalue weighted by Crippen LogP contribution is 2.57. The number of hydrogen-bond donors (Lipinski definition) is 2. The number of benzene rings is 2. The minimum atomic E-state index is -1.76. The monoisotopic (exact) mass is 505 g/mol. The maximum Gasteiger partial charge on any atom is 0.339 e. The summed E-state index contributed by atoms with van der Waals surface area (Å²) in [5, 5.41) is 3.24. The number of halogens is 1. The Hall–Kier alpha value is -3.58. The van der Waals surface area contributed by atoms with E-state index in [0.717, 1.165) is 5.56 Å². The number of nitrogens with zero attached hydrogens (tertiary/aromatic N) is 1. The van der Waals surface area contributed by atoms with Crippen LogP contribution >= 0.6 is 11.6 Å². The number of carbonyl (C=O) groups is 3. The van der Waals surface area contributed by atoms with Crippen LogP contribution in [0.2, 0.25) is 5.02 Å². The molecule has 0 bridgehead atoms. The average Bonchev–Trinajstić information content (AvgIpc) is 3.04. The molecule has 0 saturated carbocycles. The van der Waals surface area contributed by atoms with Gasteiger partial charge in [0.2, 0.25) is 5.91 Å². The molecule has 0 aromatic heterocycles. The molecule has 1 amide bonds. The Morgan fingerprint density at radius 2 is 1.92 bits per heavy atom. The van der Waals surface area contributed by atoms with Crippen molar-refractivity contribution in [2.45, 2.75) is 46.0 Å². The summed E-state index contributed by atoms with van der Waals surface area (Å²) in [7, 11) is 0. The number of esters is 1. The second-order valence-electron chi connectivity index (χ2n) is 10.3. The molecule has 0 fully saturated rings. The van der Waals surface area contributed by atoms with Gasteiger partial charge in [-0.2, -0.15) is 0 Å². The second kappa shape index (κ2) is 8.23. The lowest BCUT2D eigenvalue weighted by molar-refractivity contribution is -0.140. The summed E-state index contributed by atoms with van der Waals surface area (Å²) < 4.78 is 5.45. The Labute approximate surface area is 214 Å². The van der Waals surface area contributed by atoms with Gasteiger partial charge in [0.05, 0.1) is 6.61 Å². The zero-order chi connectivity index (χ0) is 26.0. The van der Waals surface area contributed by atoms with Gasteiger partial charge in [0.15, 0.2) is 5.78 Å². The summed E-state index contributed by atoms with van der Waals surface area (Å²) in [6, 6.07) is 12.6. The van der Waals surface area contributed by atoms with Crippen molar-refractivity contribution in [3.63, 3.8) is 0 Å². The Bertz CT molecular complexity index is 1410. The molecule has 3 aliphatic rings. The van der Waals surface area contributed by atoms with Crippen LogP contribution in [-0.2, 0) is 24.5 Å². The predicted molar refractivity (Wildman–Crippen MR) is 138 cm³/mol. The predicted octanol–water partition coefficient (Wildman–Crippen LogP) is 4.74. The van der Waals surface area contributed by atoms with Crippen molar-refractivity contribution in [2.24, 2.45) is 11.1 Å². The van der Waals surface area contributed by atoms with E-state index in [9.17, 15) is 14.4 Å². The summed E-state index contributed by atoms with van der Waals surface area (Å²) >= 11 is 6.38. The minimum Gasteiger partial charge on any atom is -0.462 e. The van der Waals surface area contributed by atoms with Crippen molar-refractivity contribution in [3.05, 3.63) is 81.3 Å². The van der Waals surface area contributed by atoms with Gasteiger partial charge in [0, 0.05) is 39.7 Å². The highest BCUT2D eigenvalue weighted by Gasteiger charge is 2.63. The maximum atomic E-state index is 14.0. The minimum absolute atomic E-state index is 0.0614. The van der Waals surface area contributed by atoms with Crippen LogP contribution < -0.4 is 16.0 Å². The molecule has 8 heteroatoms. The van der Waals surface area contributed by atoms with Crippen molar-refractivity contribution in [1.29, 1.82) is 0 Å². The number of allylic oxidation sites excluding steroid dienone is 1. The molecule has 0 radical (unpaired) electrons. The van der Waals surface area contributed by atoms with Gasteiger partial charge >= 0.3 is 5.97 Å².